The third-order valence-corrected chi connectivity index (χ3v) is 3.36. The Morgan fingerprint density at radius 2 is 1.75 bits per heavy atom. The molecule has 1 aliphatic rings. The summed E-state index contributed by atoms with van der Waals surface area (Å²) in [5.74, 6) is -0.342. The minimum Gasteiger partial charge on any atom is -0.403 e. The highest BCUT2D eigenvalue weighted by atomic mass is 16.6. The van der Waals surface area contributed by atoms with Crippen LogP contribution in [0.2, 0.25) is 0 Å². The lowest BCUT2D eigenvalue weighted by Gasteiger charge is -2.28. The number of nitro benzene ring substituents is 2. The summed E-state index contributed by atoms with van der Waals surface area (Å²) in [6.07, 6.45) is -0.820. The van der Waals surface area contributed by atoms with Crippen LogP contribution >= 0.6 is 0 Å². The van der Waals surface area contributed by atoms with E-state index in [0.717, 1.165) is 17.0 Å². The fourth-order valence-electron chi connectivity index (χ4n) is 2.16. The van der Waals surface area contributed by atoms with Crippen molar-refractivity contribution in [3.63, 3.8) is 0 Å². The maximum absolute atomic E-state index is 11.7. The fourth-order valence-corrected chi connectivity index (χ4v) is 2.16. The van der Waals surface area contributed by atoms with Gasteiger partial charge in [0, 0.05) is 33.3 Å². The summed E-state index contributed by atoms with van der Waals surface area (Å²) in [6.45, 7) is 1.53. The van der Waals surface area contributed by atoms with Gasteiger partial charge in [0.25, 0.3) is 5.69 Å². The Morgan fingerprint density at radius 1 is 1.17 bits per heavy atom. The normalized spacial score (nSPS) is 14.2. The quantitative estimate of drug-likeness (QED) is 0.594. The number of carbonyl (C=O) groups excluding carboxylic acids is 1. The van der Waals surface area contributed by atoms with Crippen molar-refractivity contribution in [3.8, 4) is 5.75 Å². The Morgan fingerprint density at radius 3 is 2.25 bits per heavy atom. The monoisotopic (exact) mass is 340 g/mol. The molecule has 1 aromatic carbocycles. The van der Waals surface area contributed by atoms with Crippen molar-refractivity contribution in [3.05, 3.63) is 32.4 Å². The Balaban J connectivity index is 2.53. The minimum atomic E-state index is -0.825. The molecule has 11 heteroatoms. The molecule has 0 spiro atoms. The lowest BCUT2D eigenvalue weighted by molar-refractivity contribution is -0.394. The van der Waals surface area contributed by atoms with Crippen molar-refractivity contribution in [2.24, 2.45) is 0 Å². The highest BCUT2D eigenvalue weighted by molar-refractivity contribution is 5.77. The van der Waals surface area contributed by atoms with Crippen molar-refractivity contribution in [1.82, 2.24) is 4.90 Å². The lowest BCUT2D eigenvalue weighted by Crippen LogP contribution is -2.36. The van der Waals surface area contributed by atoms with Gasteiger partial charge in [0.15, 0.2) is 0 Å². The van der Waals surface area contributed by atoms with Crippen LogP contribution in [0.25, 0.3) is 0 Å². The van der Waals surface area contributed by atoms with Gasteiger partial charge in [-0.2, -0.15) is 0 Å². The molecule has 11 nitrogen and oxygen atoms in total. The number of nitro groups is 2. The topological polar surface area (TPSA) is 128 Å². The zero-order valence-electron chi connectivity index (χ0n) is 13.1. The minimum absolute atomic E-state index is 0.149. The lowest BCUT2D eigenvalue weighted by atomic mass is 10.2. The summed E-state index contributed by atoms with van der Waals surface area (Å²) in [7, 11) is 2.84. The maximum atomic E-state index is 11.7. The van der Waals surface area contributed by atoms with Crippen LogP contribution < -0.4 is 9.64 Å². The van der Waals surface area contributed by atoms with E-state index < -0.39 is 27.3 Å². The standard InChI is InChI=1S/C13H16N4O7/c1-14(2)13(18)24-12-8-9(15-3-5-23-6-4-15)10(16(19)20)7-11(12)17(21)22/h7-8H,3-6H2,1-2H3. The van der Waals surface area contributed by atoms with E-state index in [4.69, 9.17) is 9.47 Å². The summed E-state index contributed by atoms with van der Waals surface area (Å²) in [6, 6.07) is 1.96. The summed E-state index contributed by atoms with van der Waals surface area (Å²) in [4.78, 5) is 35.4. The highest BCUT2D eigenvalue weighted by Crippen LogP contribution is 2.40. The fraction of sp³-hybridized carbons (Fsp3) is 0.462. The number of benzene rings is 1. The molecule has 0 radical (unpaired) electrons. The van der Waals surface area contributed by atoms with Crippen molar-refractivity contribution in [2.75, 3.05) is 45.3 Å². The zero-order chi connectivity index (χ0) is 17.9. The van der Waals surface area contributed by atoms with E-state index in [1.54, 1.807) is 4.90 Å². The predicted molar refractivity (Wildman–Crippen MR) is 82.5 cm³/mol. The number of hydrogen-bond acceptors (Lipinski definition) is 8. The van der Waals surface area contributed by atoms with Gasteiger partial charge in [-0.15, -0.1) is 0 Å². The second-order valence-corrected chi connectivity index (χ2v) is 5.18. The molecular formula is C13H16N4O7. The van der Waals surface area contributed by atoms with Gasteiger partial charge in [0.05, 0.1) is 23.1 Å². The van der Waals surface area contributed by atoms with E-state index in [2.05, 4.69) is 0 Å². The van der Waals surface area contributed by atoms with Gasteiger partial charge < -0.3 is 19.3 Å². The van der Waals surface area contributed by atoms with E-state index in [0.29, 0.717) is 26.3 Å². The summed E-state index contributed by atoms with van der Waals surface area (Å²) in [5, 5.41) is 22.5. The first kappa shape index (κ1) is 17.4. The molecule has 0 aromatic heterocycles. The number of hydrogen-bond donors (Lipinski definition) is 0. The van der Waals surface area contributed by atoms with Crippen LogP contribution in [0.3, 0.4) is 0 Å². The van der Waals surface area contributed by atoms with E-state index >= 15 is 0 Å². The molecule has 1 heterocycles. The largest absolute Gasteiger partial charge is 0.414 e. The molecule has 2 rings (SSSR count). The molecule has 0 N–H and O–H groups in total. The summed E-state index contributed by atoms with van der Waals surface area (Å²) in [5.41, 5.74) is -0.919. The number of anilines is 1. The highest BCUT2D eigenvalue weighted by Gasteiger charge is 2.30. The Bertz CT molecular complexity index is 671. The first-order valence-electron chi connectivity index (χ1n) is 7.00. The van der Waals surface area contributed by atoms with Gasteiger partial charge in [-0.05, 0) is 0 Å². The van der Waals surface area contributed by atoms with Crippen LogP contribution in [0.15, 0.2) is 12.1 Å². The van der Waals surface area contributed by atoms with Crippen LogP contribution in [0.1, 0.15) is 0 Å². The molecule has 1 amide bonds. The van der Waals surface area contributed by atoms with E-state index in [1.807, 2.05) is 0 Å². The van der Waals surface area contributed by atoms with Gasteiger partial charge >= 0.3 is 11.8 Å². The van der Waals surface area contributed by atoms with Gasteiger partial charge in [-0.1, -0.05) is 0 Å². The van der Waals surface area contributed by atoms with Crippen molar-refractivity contribution < 1.29 is 24.1 Å². The van der Waals surface area contributed by atoms with Gasteiger partial charge in [-0.25, -0.2) is 4.79 Å². The number of morpholine rings is 1. The molecule has 1 aromatic rings. The zero-order valence-corrected chi connectivity index (χ0v) is 13.1. The average molecular weight is 340 g/mol. The number of ether oxygens (including phenoxy) is 2. The number of nitrogens with zero attached hydrogens (tertiary/aromatic N) is 4. The van der Waals surface area contributed by atoms with Crippen molar-refractivity contribution >= 4 is 23.2 Å². The molecule has 1 aliphatic heterocycles. The molecule has 0 atom stereocenters. The molecule has 1 saturated heterocycles. The molecule has 0 bridgehead atoms. The molecule has 0 unspecified atom stereocenters. The first-order valence-corrected chi connectivity index (χ1v) is 7.00. The second-order valence-electron chi connectivity index (χ2n) is 5.18. The number of rotatable bonds is 4. The van der Waals surface area contributed by atoms with E-state index in [1.165, 1.54) is 14.1 Å². The number of amides is 1. The Kier molecular flexibility index (Phi) is 5.14. The molecule has 0 saturated carbocycles. The summed E-state index contributed by atoms with van der Waals surface area (Å²) < 4.78 is 10.2. The predicted octanol–water partition coefficient (Wildman–Crippen LogP) is 1.40. The third kappa shape index (κ3) is 3.68. The Labute approximate surface area is 136 Å². The number of carbonyl (C=O) groups is 1. The van der Waals surface area contributed by atoms with Crippen LogP contribution in [-0.4, -0.2) is 61.2 Å². The second kappa shape index (κ2) is 7.08. The molecule has 130 valence electrons. The molecule has 24 heavy (non-hydrogen) atoms. The van der Waals surface area contributed by atoms with Gasteiger partial charge in [0.2, 0.25) is 5.75 Å². The Hall–Kier alpha value is -2.95. The van der Waals surface area contributed by atoms with E-state index in [9.17, 15) is 25.0 Å². The summed E-state index contributed by atoms with van der Waals surface area (Å²) >= 11 is 0. The first-order chi connectivity index (χ1) is 11.3. The maximum Gasteiger partial charge on any atom is 0.414 e. The van der Waals surface area contributed by atoms with Crippen LogP contribution in [0.4, 0.5) is 21.9 Å². The smallest absolute Gasteiger partial charge is 0.403 e. The van der Waals surface area contributed by atoms with Crippen LogP contribution in [-0.2, 0) is 4.74 Å². The van der Waals surface area contributed by atoms with Gasteiger partial charge in [-0.3, -0.25) is 20.2 Å². The van der Waals surface area contributed by atoms with E-state index in [-0.39, 0.29) is 11.4 Å². The third-order valence-electron chi connectivity index (χ3n) is 3.36. The SMILES string of the molecule is CN(C)C(=O)Oc1cc(N2CCOCC2)c([N+](=O)[O-])cc1[N+](=O)[O-]. The van der Waals surface area contributed by atoms with Crippen LogP contribution in [0, 0.1) is 20.2 Å². The molecule has 0 aliphatic carbocycles. The molecule has 1 fully saturated rings. The average Bonchev–Trinajstić information content (AvgIpc) is 2.54. The van der Waals surface area contributed by atoms with Crippen LogP contribution in [0.5, 0.6) is 5.75 Å². The van der Waals surface area contributed by atoms with Crippen molar-refractivity contribution in [1.29, 1.82) is 0 Å². The van der Waals surface area contributed by atoms with Crippen molar-refractivity contribution in [2.45, 2.75) is 0 Å². The molecular weight excluding hydrogens is 324 g/mol. The van der Waals surface area contributed by atoms with Gasteiger partial charge in [0.1, 0.15) is 11.8 Å².